The topological polar surface area (TPSA) is 77.2 Å². The predicted octanol–water partition coefficient (Wildman–Crippen LogP) is 2.49. The Hall–Kier alpha value is -1.66. The molecule has 2 aromatic heterocycles. The molecule has 0 spiro atoms. The molecule has 6 heteroatoms. The van der Waals surface area contributed by atoms with Gasteiger partial charge in [-0.3, -0.25) is 4.79 Å². The highest BCUT2D eigenvalue weighted by molar-refractivity contribution is 7.21. The van der Waals surface area contributed by atoms with Crippen molar-refractivity contribution < 1.29 is 9.53 Å². The first-order chi connectivity index (χ1) is 9.98. The Morgan fingerprint density at radius 3 is 2.86 bits per heavy atom. The molecule has 1 amide bonds. The van der Waals surface area contributed by atoms with Gasteiger partial charge in [0.2, 0.25) is 0 Å². The van der Waals surface area contributed by atoms with Gasteiger partial charge in [-0.2, -0.15) is 0 Å². The summed E-state index contributed by atoms with van der Waals surface area (Å²) < 4.78 is 5.35. The fourth-order valence-electron chi connectivity index (χ4n) is 2.54. The normalized spacial score (nSPS) is 17.8. The molecule has 1 fully saturated rings. The number of amides is 1. The van der Waals surface area contributed by atoms with E-state index in [2.05, 4.69) is 17.2 Å². The lowest BCUT2D eigenvalue weighted by atomic mass is 9.92. The number of nitrogen functional groups attached to an aromatic ring is 1. The summed E-state index contributed by atoms with van der Waals surface area (Å²) in [5.74, 6) is -0.113. The maximum absolute atomic E-state index is 12.5. The minimum absolute atomic E-state index is 0.113. The van der Waals surface area contributed by atoms with Crippen LogP contribution in [0.15, 0.2) is 12.1 Å². The van der Waals surface area contributed by atoms with Crippen LogP contribution in [-0.2, 0) is 4.74 Å². The van der Waals surface area contributed by atoms with E-state index in [1.165, 1.54) is 11.3 Å². The Bertz CT molecular complexity index is 690. The lowest BCUT2D eigenvalue weighted by Gasteiger charge is -2.34. The standard InChI is InChI=1S/C15H19N3O2S/c1-9-3-4-10-11(16)12(21-14(10)17-9)13(19)18-15(2)5-7-20-8-6-15/h3-4H,5-8,16H2,1-2H3,(H,18,19). The van der Waals surface area contributed by atoms with Crippen molar-refractivity contribution in [2.45, 2.75) is 32.2 Å². The molecule has 0 saturated carbocycles. The van der Waals surface area contributed by atoms with Gasteiger partial charge in [0.05, 0.1) is 5.69 Å². The Kier molecular flexibility index (Phi) is 3.59. The average molecular weight is 305 g/mol. The third-order valence-corrected chi connectivity index (χ3v) is 5.06. The summed E-state index contributed by atoms with van der Waals surface area (Å²) in [6.45, 7) is 5.34. The first-order valence-electron chi connectivity index (χ1n) is 7.04. The smallest absolute Gasteiger partial charge is 0.263 e. The monoisotopic (exact) mass is 305 g/mol. The number of nitrogens with one attached hydrogen (secondary N) is 1. The van der Waals surface area contributed by atoms with Crippen LogP contribution in [0.5, 0.6) is 0 Å². The van der Waals surface area contributed by atoms with E-state index in [0.717, 1.165) is 28.8 Å². The van der Waals surface area contributed by atoms with Crippen molar-refractivity contribution >= 4 is 33.1 Å². The van der Waals surface area contributed by atoms with Crippen LogP contribution in [0.2, 0.25) is 0 Å². The van der Waals surface area contributed by atoms with Crippen LogP contribution in [-0.4, -0.2) is 29.6 Å². The van der Waals surface area contributed by atoms with Crippen molar-refractivity contribution in [3.8, 4) is 0 Å². The minimum Gasteiger partial charge on any atom is -0.397 e. The molecular formula is C15H19N3O2S. The Morgan fingerprint density at radius 2 is 2.14 bits per heavy atom. The van der Waals surface area contributed by atoms with Gasteiger partial charge in [-0.1, -0.05) is 0 Å². The van der Waals surface area contributed by atoms with Crippen molar-refractivity contribution in [2.24, 2.45) is 0 Å². The summed E-state index contributed by atoms with van der Waals surface area (Å²) in [4.78, 5) is 18.4. The van der Waals surface area contributed by atoms with Crippen molar-refractivity contribution in [1.82, 2.24) is 10.3 Å². The fraction of sp³-hybridized carbons (Fsp3) is 0.467. The number of hydrogen-bond acceptors (Lipinski definition) is 5. The zero-order valence-electron chi connectivity index (χ0n) is 12.2. The van der Waals surface area contributed by atoms with Gasteiger partial charge in [0.1, 0.15) is 9.71 Å². The molecule has 0 atom stereocenters. The number of ether oxygens (including phenoxy) is 1. The number of anilines is 1. The van der Waals surface area contributed by atoms with E-state index in [1.54, 1.807) is 0 Å². The first-order valence-corrected chi connectivity index (χ1v) is 7.86. The zero-order chi connectivity index (χ0) is 15.0. The Morgan fingerprint density at radius 1 is 1.43 bits per heavy atom. The van der Waals surface area contributed by atoms with Gasteiger partial charge < -0.3 is 15.8 Å². The molecule has 3 N–H and O–H groups in total. The molecule has 0 bridgehead atoms. The number of nitrogens with two attached hydrogens (primary N) is 1. The van der Waals surface area contributed by atoms with Crippen LogP contribution in [0.25, 0.3) is 10.2 Å². The van der Waals surface area contributed by atoms with E-state index >= 15 is 0 Å². The van der Waals surface area contributed by atoms with Crippen LogP contribution < -0.4 is 11.1 Å². The van der Waals surface area contributed by atoms with Crippen LogP contribution in [0.1, 0.15) is 35.1 Å². The molecule has 0 unspecified atom stereocenters. The summed E-state index contributed by atoms with van der Waals surface area (Å²) in [5.41, 5.74) is 7.35. The van der Waals surface area contributed by atoms with Crippen molar-refractivity contribution in [3.63, 3.8) is 0 Å². The lowest BCUT2D eigenvalue weighted by Crippen LogP contribution is -2.49. The minimum atomic E-state index is -0.221. The molecule has 5 nitrogen and oxygen atoms in total. The second kappa shape index (κ2) is 5.27. The zero-order valence-corrected chi connectivity index (χ0v) is 13.0. The summed E-state index contributed by atoms with van der Waals surface area (Å²) in [7, 11) is 0. The summed E-state index contributed by atoms with van der Waals surface area (Å²) in [6.07, 6.45) is 1.64. The van der Waals surface area contributed by atoms with Crippen LogP contribution in [0.4, 0.5) is 5.69 Å². The molecule has 3 heterocycles. The van der Waals surface area contributed by atoms with E-state index < -0.39 is 0 Å². The molecule has 112 valence electrons. The number of hydrogen-bond donors (Lipinski definition) is 2. The number of fused-ring (bicyclic) bond motifs is 1. The number of nitrogens with zero attached hydrogens (tertiary/aromatic N) is 1. The van der Waals surface area contributed by atoms with Crippen molar-refractivity contribution in [3.05, 3.63) is 22.7 Å². The van der Waals surface area contributed by atoms with Gasteiger partial charge in [-0.25, -0.2) is 4.98 Å². The van der Waals surface area contributed by atoms with E-state index in [-0.39, 0.29) is 11.4 Å². The highest BCUT2D eigenvalue weighted by atomic mass is 32.1. The van der Waals surface area contributed by atoms with E-state index in [9.17, 15) is 4.79 Å². The highest BCUT2D eigenvalue weighted by Gasteiger charge is 2.30. The van der Waals surface area contributed by atoms with E-state index in [4.69, 9.17) is 10.5 Å². The number of aromatic nitrogens is 1. The largest absolute Gasteiger partial charge is 0.397 e. The van der Waals surface area contributed by atoms with Crippen LogP contribution >= 0.6 is 11.3 Å². The molecule has 0 radical (unpaired) electrons. The highest BCUT2D eigenvalue weighted by Crippen LogP contribution is 2.33. The molecule has 3 rings (SSSR count). The Labute approximate surface area is 127 Å². The molecule has 0 aromatic carbocycles. The molecule has 21 heavy (non-hydrogen) atoms. The summed E-state index contributed by atoms with van der Waals surface area (Å²) in [5, 5.41) is 3.97. The number of pyridine rings is 1. The number of carbonyl (C=O) groups is 1. The van der Waals surface area contributed by atoms with Crippen LogP contribution in [0.3, 0.4) is 0 Å². The molecule has 1 aliphatic rings. The predicted molar refractivity (Wildman–Crippen MR) is 84.7 cm³/mol. The number of rotatable bonds is 2. The number of carbonyl (C=O) groups excluding carboxylic acids is 1. The summed E-state index contributed by atoms with van der Waals surface area (Å²) in [6, 6.07) is 3.84. The van der Waals surface area contributed by atoms with Gasteiger partial charge in [-0.15, -0.1) is 11.3 Å². The first kappa shape index (κ1) is 14.3. The summed E-state index contributed by atoms with van der Waals surface area (Å²) >= 11 is 1.35. The van der Waals surface area contributed by atoms with Crippen LogP contribution in [0, 0.1) is 6.92 Å². The lowest BCUT2D eigenvalue weighted by molar-refractivity contribution is 0.0424. The molecule has 2 aromatic rings. The van der Waals surface area contributed by atoms with Crippen molar-refractivity contribution in [1.29, 1.82) is 0 Å². The molecule has 1 saturated heterocycles. The molecule has 0 aliphatic carbocycles. The maximum Gasteiger partial charge on any atom is 0.263 e. The third-order valence-electron chi connectivity index (χ3n) is 3.95. The molecule has 1 aliphatic heterocycles. The Balaban J connectivity index is 1.89. The SMILES string of the molecule is Cc1ccc2c(N)c(C(=O)NC3(C)CCOCC3)sc2n1. The average Bonchev–Trinajstić information content (AvgIpc) is 2.76. The second-order valence-electron chi connectivity index (χ2n) is 5.78. The molecular weight excluding hydrogens is 286 g/mol. The van der Waals surface area contributed by atoms with Gasteiger partial charge >= 0.3 is 0 Å². The van der Waals surface area contributed by atoms with Gasteiger partial charge in [0.25, 0.3) is 5.91 Å². The van der Waals surface area contributed by atoms with Crippen molar-refractivity contribution in [2.75, 3.05) is 18.9 Å². The van der Waals surface area contributed by atoms with E-state index in [0.29, 0.717) is 23.8 Å². The van der Waals surface area contributed by atoms with Gasteiger partial charge in [-0.05, 0) is 38.8 Å². The quantitative estimate of drug-likeness (QED) is 0.893. The second-order valence-corrected chi connectivity index (χ2v) is 6.78. The number of aryl methyl sites for hydroxylation is 1. The van der Waals surface area contributed by atoms with Gasteiger partial charge in [0.15, 0.2) is 0 Å². The maximum atomic E-state index is 12.5. The van der Waals surface area contributed by atoms with E-state index in [1.807, 2.05) is 19.1 Å². The third kappa shape index (κ3) is 2.73. The van der Waals surface area contributed by atoms with Gasteiger partial charge in [0, 0.05) is 29.8 Å². The fourth-order valence-corrected chi connectivity index (χ4v) is 3.57. The number of thiophene rings is 1.